The third-order valence-corrected chi connectivity index (χ3v) is 4.78. The Morgan fingerprint density at radius 2 is 1.93 bits per heavy atom. The Hall–Kier alpha value is -3.46. The molecule has 0 bridgehead atoms. The summed E-state index contributed by atoms with van der Waals surface area (Å²) < 4.78 is 22.8. The van der Waals surface area contributed by atoms with Gasteiger partial charge in [0.15, 0.2) is 5.03 Å². The van der Waals surface area contributed by atoms with E-state index in [-0.39, 0.29) is 11.8 Å². The number of nitrogens with zero attached hydrogens (tertiary/aromatic N) is 4. The number of rotatable bonds is 5. The third-order valence-electron chi connectivity index (χ3n) is 3.97. The normalized spacial score (nSPS) is 10.8. The number of nitrogen functional groups attached to an aromatic ring is 1. The number of nitrogens with two attached hydrogens (primary N) is 1. The molecule has 2 heterocycles. The van der Waals surface area contributed by atoms with Gasteiger partial charge in [-0.3, -0.25) is 0 Å². The fourth-order valence-electron chi connectivity index (χ4n) is 2.65. The summed E-state index contributed by atoms with van der Waals surface area (Å²) in [6.07, 6.45) is 4.75. The van der Waals surface area contributed by atoms with Crippen LogP contribution in [0.2, 0.25) is 0 Å². The van der Waals surface area contributed by atoms with Gasteiger partial charge in [-0.05, 0) is 35.9 Å². The highest BCUT2D eigenvalue weighted by atomic mass is 32.2. The summed E-state index contributed by atoms with van der Waals surface area (Å²) in [7, 11) is 1.53. The lowest BCUT2D eigenvalue weighted by atomic mass is 10.0. The number of benzene rings is 2. The van der Waals surface area contributed by atoms with Crippen molar-refractivity contribution in [2.75, 3.05) is 17.6 Å². The molecule has 0 aliphatic heterocycles. The van der Waals surface area contributed by atoms with Crippen molar-refractivity contribution in [3.05, 3.63) is 60.8 Å². The average molecular weight is 394 g/mol. The minimum atomic E-state index is -0.330. The third kappa shape index (κ3) is 3.65. The van der Waals surface area contributed by atoms with Crippen molar-refractivity contribution in [1.29, 1.82) is 0 Å². The monoisotopic (exact) mass is 394 g/mol. The average Bonchev–Trinajstić information content (AvgIpc) is 2.73. The molecule has 4 aromatic rings. The largest absolute Gasteiger partial charge is 0.479 e. The molecule has 28 heavy (non-hydrogen) atoms. The second-order valence-corrected chi connectivity index (χ2v) is 6.57. The van der Waals surface area contributed by atoms with E-state index in [1.807, 2.05) is 6.07 Å². The zero-order valence-electron chi connectivity index (χ0n) is 14.8. The standard InChI is InChI=1S/C19H15FN6OS/c1-27-17-18(23-7-6-22-17)28-26-13-3-4-15(20)14(9-13)11-2-5-16-12(8-11)10-24-19(21)25-16/h2-10,26H,1H3,(H2,21,24,25). The van der Waals surface area contributed by atoms with Crippen molar-refractivity contribution in [2.45, 2.75) is 5.03 Å². The molecular weight excluding hydrogens is 379 g/mol. The van der Waals surface area contributed by atoms with Crippen LogP contribution in [0.15, 0.2) is 60.0 Å². The predicted octanol–water partition coefficient (Wildman–Crippen LogP) is 3.94. The summed E-state index contributed by atoms with van der Waals surface area (Å²) in [4.78, 5) is 16.5. The molecule has 0 aliphatic carbocycles. The van der Waals surface area contributed by atoms with E-state index >= 15 is 0 Å². The Bertz CT molecular complexity index is 1160. The van der Waals surface area contributed by atoms with Crippen LogP contribution in [-0.4, -0.2) is 27.0 Å². The lowest BCUT2D eigenvalue weighted by molar-refractivity contribution is 0.382. The van der Waals surface area contributed by atoms with Gasteiger partial charge in [0.25, 0.3) is 0 Å². The van der Waals surface area contributed by atoms with Crippen molar-refractivity contribution < 1.29 is 9.13 Å². The number of fused-ring (bicyclic) bond motifs is 1. The Morgan fingerprint density at radius 3 is 2.79 bits per heavy atom. The molecular formula is C19H15FN6OS. The molecule has 0 aliphatic rings. The first-order valence-corrected chi connectivity index (χ1v) is 9.06. The molecule has 0 saturated carbocycles. The highest BCUT2D eigenvalue weighted by molar-refractivity contribution is 8.00. The van der Waals surface area contributed by atoms with Crippen LogP contribution in [0.3, 0.4) is 0 Å². The van der Waals surface area contributed by atoms with Gasteiger partial charge in [-0.15, -0.1) is 0 Å². The number of nitrogens with one attached hydrogen (secondary N) is 1. The number of methoxy groups -OCH3 is 1. The van der Waals surface area contributed by atoms with Crippen molar-refractivity contribution in [3.8, 4) is 17.0 Å². The topological polar surface area (TPSA) is 98.8 Å². The van der Waals surface area contributed by atoms with Gasteiger partial charge in [-0.1, -0.05) is 6.07 Å². The van der Waals surface area contributed by atoms with Gasteiger partial charge in [-0.25, -0.2) is 24.3 Å². The van der Waals surface area contributed by atoms with Crippen LogP contribution in [0.5, 0.6) is 5.88 Å². The van der Waals surface area contributed by atoms with Crippen molar-refractivity contribution in [3.63, 3.8) is 0 Å². The lowest BCUT2D eigenvalue weighted by Gasteiger charge is -2.10. The zero-order valence-corrected chi connectivity index (χ0v) is 15.6. The van der Waals surface area contributed by atoms with Crippen LogP contribution in [-0.2, 0) is 0 Å². The Morgan fingerprint density at radius 1 is 1.07 bits per heavy atom. The first-order valence-electron chi connectivity index (χ1n) is 8.24. The van der Waals surface area contributed by atoms with E-state index in [4.69, 9.17) is 10.5 Å². The highest BCUT2D eigenvalue weighted by Crippen LogP contribution is 2.31. The number of aromatic nitrogens is 4. The van der Waals surface area contributed by atoms with E-state index in [0.717, 1.165) is 5.39 Å². The van der Waals surface area contributed by atoms with Crippen molar-refractivity contribution >= 4 is 34.5 Å². The van der Waals surface area contributed by atoms with Gasteiger partial charge in [0.1, 0.15) is 5.82 Å². The van der Waals surface area contributed by atoms with Crippen molar-refractivity contribution in [2.24, 2.45) is 0 Å². The number of hydrogen-bond acceptors (Lipinski definition) is 8. The summed E-state index contributed by atoms with van der Waals surface area (Å²) in [5, 5.41) is 1.36. The van der Waals surface area contributed by atoms with Gasteiger partial charge in [-0.2, -0.15) is 0 Å². The molecule has 0 spiro atoms. The summed E-state index contributed by atoms with van der Waals surface area (Å²) in [6.45, 7) is 0. The Labute approximate surface area is 164 Å². The molecule has 4 rings (SSSR count). The molecule has 9 heteroatoms. The van der Waals surface area contributed by atoms with Gasteiger partial charge >= 0.3 is 0 Å². The number of halogens is 1. The molecule has 0 saturated heterocycles. The Kier molecular flexibility index (Phi) is 4.90. The molecule has 7 nitrogen and oxygen atoms in total. The van der Waals surface area contributed by atoms with Crippen LogP contribution < -0.4 is 15.2 Å². The fraction of sp³-hybridized carbons (Fsp3) is 0.0526. The molecule has 0 fully saturated rings. The molecule has 0 unspecified atom stereocenters. The molecule has 0 radical (unpaired) electrons. The molecule has 2 aromatic carbocycles. The molecule has 2 aromatic heterocycles. The molecule has 140 valence electrons. The van der Waals surface area contributed by atoms with E-state index in [0.29, 0.717) is 33.2 Å². The van der Waals surface area contributed by atoms with Crippen molar-refractivity contribution in [1.82, 2.24) is 19.9 Å². The number of anilines is 2. The van der Waals surface area contributed by atoms with E-state index in [1.165, 1.54) is 25.1 Å². The maximum Gasteiger partial charge on any atom is 0.248 e. The quantitative estimate of drug-likeness (QED) is 0.491. The van der Waals surface area contributed by atoms with Gasteiger partial charge in [0.05, 0.1) is 12.6 Å². The van der Waals surface area contributed by atoms with E-state index in [1.54, 1.807) is 42.9 Å². The summed E-state index contributed by atoms with van der Waals surface area (Å²) in [5.74, 6) is 0.286. The molecule has 3 N–H and O–H groups in total. The smallest absolute Gasteiger partial charge is 0.248 e. The summed E-state index contributed by atoms with van der Waals surface area (Å²) >= 11 is 1.23. The zero-order chi connectivity index (χ0) is 19.5. The SMILES string of the molecule is COc1nccnc1SNc1ccc(F)c(-c2ccc3nc(N)ncc3c2)c1. The van der Waals surface area contributed by atoms with Gasteiger partial charge in [0, 0.05) is 47.2 Å². The van der Waals surface area contributed by atoms with Crippen LogP contribution in [0.4, 0.5) is 16.0 Å². The van der Waals surface area contributed by atoms with Crippen LogP contribution in [0.1, 0.15) is 0 Å². The maximum atomic E-state index is 14.5. The van der Waals surface area contributed by atoms with Crippen LogP contribution >= 0.6 is 11.9 Å². The van der Waals surface area contributed by atoms with E-state index in [9.17, 15) is 4.39 Å². The van der Waals surface area contributed by atoms with Gasteiger partial charge in [0.2, 0.25) is 11.8 Å². The summed E-state index contributed by atoms with van der Waals surface area (Å²) in [5.41, 5.74) is 8.19. The summed E-state index contributed by atoms with van der Waals surface area (Å²) in [6, 6.07) is 10.2. The second kappa shape index (κ2) is 7.65. The first kappa shape index (κ1) is 17.9. The number of ether oxygens (including phenoxy) is 1. The Balaban J connectivity index is 1.63. The second-order valence-electron chi connectivity index (χ2n) is 5.77. The highest BCUT2D eigenvalue weighted by Gasteiger charge is 2.10. The lowest BCUT2D eigenvalue weighted by Crippen LogP contribution is -1.96. The molecule has 0 amide bonds. The maximum absolute atomic E-state index is 14.5. The van der Waals surface area contributed by atoms with Crippen LogP contribution in [0.25, 0.3) is 22.0 Å². The van der Waals surface area contributed by atoms with Crippen LogP contribution in [0, 0.1) is 5.82 Å². The van der Waals surface area contributed by atoms with E-state index in [2.05, 4.69) is 24.7 Å². The minimum Gasteiger partial charge on any atom is -0.479 e. The minimum absolute atomic E-state index is 0.203. The molecule has 0 atom stereocenters. The number of hydrogen-bond donors (Lipinski definition) is 2. The van der Waals surface area contributed by atoms with E-state index < -0.39 is 0 Å². The first-order chi connectivity index (χ1) is 13.6. The van der Waals surface area contributed by atoms with Gasteiger partial charge < -0.3 is 15.2 Å². The fourth-order valence-corrected chi connectivity index (χ4v) is 3.33. The predicted molar refractivity (Wildman–Crippen MR) is 107 cm³/mol.